The first-order valence-corrected chi connectivity index (χ1v) is 9.42. The van der Waals surface area contributed by atoms with Crippen LogP contribution in [0.1, 0.15) is 0 Å². The predicted molar refractivity (Wildman–Crippen MR) is 113 cm³/mol. The van der Waals surface area contributed by atoms with Crippen LogP contribution in [0.4, 0.5) is 0 Å². The minimum absolute atomic E-state index is 0. The minimum atomic E-state index is 0. The standard InChI is InChI=1S/C17H14N4OS2.2ClH/c22-11(9-23-16-18-12-5-1-2-6-13(12)19-16)10-24-17-20-14-7-3-4-8-15(14)21-17;;/h1-8H,9-10H2,(H,18,19)(H,20,21);2*1H. The van der Waals surface area contributed by atoms with Gasteiger partial charge in [0, 0.05) is 0 Å². The van der Waals surface area contributed by atoms with Crippen molar-refractivity contribution < 1.29 is 4.79 Å². The number of ketones is 1. The molecule has 0 amide bonds. The van der Waals surface area contributed by atoms with Gasteiger partial charge in [0.1, 0.15) is 0 Å². The lowest BCUT2D eigenvalue weighted by molar-refractivity contribution is -0.114. The highest BCUT2D eigenvalue weighted by atomic mass is 35.5. The zero-order valence-electron chi connectivity index (χ0n) is 13.5. The molecule has 0 spiro atoms. The molecule has 0 unspecified atom stereocenters. The van der Waals surface area contributed by atoms with E-state index in [-0.39, 0.29) is 30.6 Å². The summed E-state index contributed by atoms with van der Waals surface area (Å²) in [6.07, 6.45) is 0. The van der Waals surface area contributed by atoms with E-state index < -0.39 is 0 Å². The number of nitrogens with one attached hydrogen (secondary N) is 2. The highest BCUT2D eigenvalue weighted by Gasteiger charge is 2.09. The van der Waals surface area contributed by atoms with Crippen molar-refractivity contribution in [3.63, 3.8) is 0 Å². The lowest BCUT2D eigenvalue weighted by Crippen LogP contribution is -2.05. The first kappa shape index (κ1) is 20.6. The Morgan fingerprint density at radius 3 is 1.62 bits per heavy atom. The number of H-pyrrole nitrogens is 2. The fourth-order valence-corrected chi connectivity index (χ4v) is 3.95. The van der Waals surface area contributed by atoms with Crippen molar-refractivity contribution in [2.24, 2.45) is 0 Å². The van der Waals surface area contributed by atoms with E-state index in [9.17, 15) is 4.79 Å². The van der Waals surface area contributed by atoms with Crippen molar-refractivity contribution in [2.75, 3.05) is 11.5 Å². The number of fused-ring (bicyclic) bond motifs is 2. The smallest absolute Gasteiger partial charge is 0.166 e. The average molecular weight is 427 g/mol. The van der Waals surface area contributed by atoms with Crippen molar-refractivity contribution >= 4 is 76.2 Å². The normalized spacial score (nSPS) is 10.5. The Morgan fingerprint density at radius 2 is 1.19 bits per heavy atom. The number of Topliss-reactive ketones (excluding diaryl/α,β-unsaturated/α-hetero) is 1. The molecule has 5 nitrogen and oxygen atoms in total. The van der Waals surface area contributed by atoms with Crippen molar-refractivity contribution in [1.82, 2.24) is 19.9 Å². The lowest BCUT2D eigenvalue weighted by atomic mass is 10.3. The number of aromatic nitrogens is 4. The van der Waals surface area contributed by atoms with Crippen LogP contribution in [0.5, 0.6) is 0 Å². The Balaban J connectivity index is 0.00000121. The third-order valence-corrected chi connectivity index (χ3v) is 5.34. The number of halogens is 2. The number of rotatable bonds is 6. The average Bonchev–Trinajstić information content (AvgIpc) is 3.21. The second-order valence-corrected chi connectivity index (χ2v) is 7.16. The molecule has 0 fully saturated rings. The van der Waals surface area contributed by atoms with Gasteiger partial charge in [0.2, 0.25) is 0 Å². The molecule has 136 valence electrons. The van der Waals surface area contributed by atoms with E-state index in [4.69, 9.17) is 0 Å². The Kier molecular flexibility index (Phi) is 7.40. The van der Waals surface area contributed by atoms with Gasteiger partial charge < -0.3 is 9.97 Å². The van der Waals surface area contributed by atoms with Crippen LogP contribution in [0.25, 0.3) is 22.1 Å². The van der Waals surface area contributed by atoms with E-state index in [1.807, 2.05) is 48.5 Å². The molecule has 26 heavy (non-hydrogen) atoms. The molecule has 0 saturated heterocycles. The van der Waals surface area contributed by atoms with Crippen LogP contribution in [0.15, 0.2) is 58.8 Å². The molecule has 2 aromatic heterocycles. The number of imidazole rings is 2. The van der Waals surface area contributed by atoms with Crippen molar-refractivity contribution in [1.29, 1.82) is 0 Å². The third-order valence-electron chi connectivity index (χ3n) is 3.48. The van der Waals surface area contributed by atoms with E-state index >= 15 is 0 Å². The molecule has 4 aromatic rings. The Morgan fingerprint density at radius 1 is 0.769 bits per heavy atom. The Labute approximate surface area is 171 Å². The molecule has 0 aliphatic heterocycles. The molecule has 0 saturated carbocycles. The van der Waals surface area contributed by atoms with Crippen LogP contribution in [0, 0.1) is 0 Å². The fraction of sp³-hybridized carbons (Fsp3) is 0.118. The SMILES string of the molecule is Cl.Cl.O=C(CSc1nc2ccccc2[nH]1)CSc1nc2ccccc2[nH]1. The van der Waals surface area contributed by atoms with E-state index in [1.54, 1.807) is 0 Å². The first-order valence-electron chi connectivity index (χ1n) is 7.45. The highest BCUT2D eigenvalue weighted by molar-refractivity contribution is 8.01. The van der Waals surface area contributed by atoms with E-state index in [0.29, 0.717) is 11.5 Å². The summed E-state index contributed by atoms with van der Waals surface area (Å²) in [6.45, 7) is 0. The van der Waals surface area contributed by atoms with Gasteiger partial charge >= 0.3 is 0 Å². The zero-order valence-corrected chi connectivity index (χ0v) is 16.7. The maximum Gasteiger partial charge on any atom is 0.166 e. The number of benzene rings is 2. The number of carbonyl (C=O) groups excluding carboxylic acids is 1. The monoisotopic (exact) mass is 426 g/mol. The summed E-state index contributed by atoms with van der Waals surface area (Å²) in [4.78, 5) is 27.5. The van der Waals surface area contributed by atoms with Gasteiger partial charge in [-0.2, -0.15) is 0 Å². The van der Waals surface area contributed by atoms with Crippen LogP contribution >= 0.6 is 48.3 Å². The molecular weight excluding hydrogens is 411 g/mol. The van der Waals surface area contributed by atoms with E-state index in [1.165, 1.54) is 23.5 Å². The molecule has 9 heteroatoms. The van der Waals surface area contributed by atoms with Crippen molar-refractivity contribution in [2.45, 2.75) is 10.3 Å². The minimum Gasteiger partial charge on any atom is -0.333 e. The van der Waals surface area contributed by atoms with E-state index in [2.05, 4.69) is 19.9 Å². The summed E-state index contributed by atoms with van der Waals surface area (Å²) in [7, 11) is 0. The maximum atomic E-state index is 12.1. The molecule has 0 bridgehead atoms. The van der Waals surface area contributed by atoms with Crippen molar-refractivity contribution in [3.05, 3.63) is 48.5 Å². The lowest BCUT2D eigenvalue weighted by Gasteiger charge is -1.97. The Bertz CT molecular complexity index is 872. The largest absolute Gasteiger partial charge is 0.333 e. The predicted octanol–water partition coefficient (Wildman–Crippen LogP) is 4.74. The number of nitrogens with zero attached hydrogens (tertiary/aromatic N) is 2. The van der Waals surface area contributed by atoms with Crippen LogP contribution in [-0.2, 0) is 4.79 Å². The van der Waals surface area contributed by atoms with Gasteiger partial charge in [-0.3, -0.25) is 4.79 Å². The Hall–Kier alpha value is -1.67. The number of para-hydroxylation sites is 4. The first-order chi connectivity index (χ1) is 11.8. The summed E-state index contributed by atoms with van der Waals surface area (Å²) >= 11 is 2.87. The number of hydrogen-bond acceptors (Lipinski definition) is 5. The summed E-state index contributed by atoms with van der Waals surface area (Å²) < 4.78 is 0. The van der Waals surface area contributed by atoms with Crippen molar-refractivity contribution in [3.8, 4) is 0 Å². The zero-order chi connectivity index (χ0) is 16.4. The van der Waals surface area contributed by atoms with Gasteiger partial charge in [0.25, 0.3) is 0 Å². The summed E-state index contributed by atoms with van der Waals surface area (Å²) in [5.41, 5.74) is 3.82. The second kappa shape index (κ2) is 9.32. The molecule has 0 atom stereocenters. The van der Waals surface area contributed by atoms with Gasteiger partial charge in [0.15, 0.2) is 16.1 Å². The molecule has 2 N–H and O–H groups in total. The molecule has 0 aliphatic carbocycles. The maximum absolute atomic E-state index is 12.1. The number of aromatic amines is 2. The molecule has 2 heterocycles. The summed E-state index contributed by atoms with van der Waals surface area (Å²) in [6, 6.07) is 15.7. The van der Waals surface area contributed by atoms with Gasteiger partial charge in [-0.15, -0.1) is 24.8 Å². The number of hydrogen-bond donors (Lipinski definition) is 2. The summed E-state index contributed by atoms with van der Waals surface area (Å²) in [5, 5.41) is 1.55. The quantitative estimate of drug-likeness (QED) is 0.435. The van der Waals surface area contributed by atoms with Gasteiger partial charge in [0.05, 0.1) is 33.6 Å². The van der Waals surface area contributed by atoms with Crippen LogP contribution in [0.2, 0.25) is 0 Å². The molecule has 0 aliphatic rings. The topological polar surface area (TPSA) is 74.4 Å². The van der Waals surface area contributed by atoms with Gasteiger partial charge in [-0.05, 0) is 24.3 Å². The van der Waals surface area contributed by atoms with Crippen LogP contribution < -0.4 is 0 Å². The molecular formula is C17H16Cl2N4OS2. The van der Waals surface area contributed by atoms with E-state index in [0.717, 1.165) is 32.4 Å². The molecule has 0 radical (unpaired) electrons. The fourth-order valence-electron chi connectivity index (χ4n) is 2.33. The second-order valence-electron chi connectivity index (χ2n) is 5.23. The van der Waals surface area contributed by atoms with Crippen LogP contribution in [-0.4, -0.2) is 37.2 Å². The molecule has 4 rings (SSSR count). The summed E-state index contributed by atoms with van der Waals surface area (Å²) in [5.74, 6) is 0.950. The third kappa shape index (κ3) is 4.73. The number of thioether (sulfide) groups is 2. The van der Waals surface area contributed by atoms with Gasteiger partial charge in [-0.25, -0.2) is 9.97 Å². The number of carbonyl (C=O) groups is 1. The highest BCUT2D eigenvalue weighted by Crippen LogP contribution is 2.22. The van der Waals surface area contributed by atoms with Crippen LogP contribution in [0.3, 0.4) is 0 Å². The van der Waals surface area contributed by atoms with Gasteiger partial charge in [-0.1, -0.05) is 47.8 Å². The molecule has 2 aromatic carbocycles.